The second kappa shape index (κ2) is 26.2. The van der Waals surface area contributed by atoms with Crippen molar-refractivity contribution < 1.29 is 59.4 Å². The van der Waals surface area contributed by atoms with Gasteiger partial charge < -0.3 is 67.4 Å². The number of allylic oxidation sites excluding steroid dienone is 1. The Bertz CT molecular complexity index is 1640. The van der Waals surface area contributed by atoms with Crippen molar-refractivity contribution >= 4 is 48.1 Å². The van der Waals surface area contributed by atoms with Crippen LogP contribution >= 0.6 is 12.6 Å². The maximum absolute atomic E-state index is 14.1. The fraction of sp³-hybridized carbons (Fsp3) is 0.659. The van der Waals surface area contributed by atoms with E-state index in [1.54, 1.807) is 19.9 Å². The van der Waals surface area contributed by atoms with Gasteiger partial charge in [-0.1, -0.05) is 46.3 Å². The third-order valence-corrected chi connectivity index (χ3v) is 10.2. The van der Waals surface area contributed by atoms with Crippen molar-refractivity contribution in [1.29, 1.82) is 0 Å². The highest BCUT2D eigenvalue weighted by molar-refractivity contribution is 7.80. The molecule has 0 spiro atoms. The van der Waals surface area contributed by atoms with Crippen molar-refractivity contribution in [2.24, 2.45) is 11.7 Å². The van der Waals surface area contributed by atoms with Gasteiger partial charge in [0.25, 0.3) is 0 Å². The number of carbonyl (C=O) groups excluding carboxylic acids is 6. The molecule has 346 valence electrons. The van der Waals surface area contributed by atoms with Crippen LogP contribution in [-0.4, -0.2) is 156 Å². The lowest BCUT2D eigenvalue weighted by molar-refractivity contribution is -0.146. The number of nitrogens with zero attached hydrogens (tertiary/aromatic N) is 2. The number of nitrogens with two attached hydrogens (primary N) is 1. The topological polar surface area (TPSA) is 304 Å². The summed E-state index contributed by atoms with van der Waals surface area (Å²) < 4.78 is 0. The summed E-state index contributed by atoms with van der Waals surface area (Å²) in [5, 5.41) is 74.6. The summed E-state index contributed by atoms with van der Waals surface area (Å²) in [7, 11) is 0. The van der Waals surface area contributed by atoms with Crippen LogP contribution in [0.5, 0.6) is 5.75 Å². The van der Waals surface area contributed by atoms with Crippen LogP contribution in [0.3, 0.4) is 0 Å². The van der Waals surface area contributed by atoms with Crippen LogP contribution in [0, 0.1) is 5.92 Å². The van der Waals surface area contributed by atoms with Gasteiger partial charge in [-0.15, -0.1) is 19.2 Å². The van der Waals surface area contributed by atoms with E-state index in [0.29, 0.717) is 13.0 Å². The van der Waals surface area contributed by atoms with Crippen molar-refractivity contribution in [1.82, 2.24) is 31.1 Å². The standard InChI is InChI=1S/C35H55N7O12S.C3H8.C3H6/c1-6-37-17(4)31(50)38-26(18(5)43)34(53)42-14-20(44)11-21(42)32(51)40-28(30(49)29(48)19-7-8-22(45)24(55)10-19)33(52)39-27(23(46)12-25(36)47)35(54)41-13-15(2)9-16(41)3;2*1-3-2/h7-8,10,15-18,20-21,23,26-30,37,43-46,48-49,55H,6,9,11-14H2,1-5H3,(H2,36,47)(H,38,50)(H,39,52)(H,40,51);3H2,1-2H3;3H,1H2,2H3/t15-,16?,17+,18-,20-,21?,23-,26?,27?,28?,29+,30+;;/m1../s1. The van der Waals surface area contributed by atoms with Crippen LogP contribution in [-0.2, 0) is 28.8 Å². The zero-order chi connectivity index (χ0) is 46.9. The van der Waals surface area contributed by atoms with E-state index in [1.807, 2.05) is 13.8 Å². The van der Waals surface area contributed by atoms with Crippen molar-refractivity contribution in [3.8, 4) is 5.75 Å². The quantitative estimate of drug-likeness (QED) is 0.0659. The van der Waals surface area contributed by atoms with E-state index in [4.69, 9.17) is 5.73 Å². The summed E-state index contributed by atoms with van der Waals surface area (Å²) in [6.07, 6.45) is -6.24. The molecule has 2 saturated heterocycles. The summed E-state index contributed by atoms with van der Waals surface area (Å²) >= 11 is 4.11. The number of amides is 6. The van der Waals surface area contributed by atoms with Gasteiger partial charge in [0.15, 0.2) is 0 Å². The maximum atomic E-state index is 14.1. The van der Waals surface area contributed by atoms with E-state index < -0.39 is 109 Å². The van der Waals surface area contributed by atoms with Gasteiger partial charge in [-0.05, 0) is 64.3 Å². The number of aromatic hydroxyl groups is 1. The third kappa shape index (κ3) is 16.2. The number of phenols is 1. The molecule has 0 radical (unpaired) electrons. The lowest BCUT2D eigenvalue weighted by Gasteiger charge is -2.34. The average molecular weight is 884 g/mol. The van der Waals surface area contributed by atoms with Gasteiger partial charge in [0.2, 0.25) is 35.4 Å². The smallest absolute Gasteiger partial charge is 0.248 e. The van der Waals surface area contributed by atoms with Crippen LogP contribution in [0.2, 0.25) is 0 Å². The van der Waals surface area contributed by atoms with Crippen molar-refractivity contribution in [3.63, 3.8) is 0 Å². The predicted molar refractivity (Wildman–Crippen MR) is 230 cm³/mol. The molecule has 1 aromatic rings. The van der Waals surface area contributed by atoms with Crippen LogP contribution in [0.1, 0.15) is 92.7 Å². The zero-order valence-electron chi connectivity index (χ0n) is 36.4. The molecule has 61 heavy (non-hydrogen) atoms. The molecule has 0 bridgehead atoms. The maximum Gasteiger partial charge on any atom is 0.248 e. The molecule has 2 aliphatic rings. The monoisotopic (exact) mass is 883 g/mol. The largest absolute Gasteiger partial charge is 0.507 e. The number of carbonyl (C=O) groups is 6. The van der Waals surface area contributed by atoms with Crippen LogP contribution in [0.15, 0.2) is 35.7 Å². The number of aliphatic hydroxyl groups is 5. The van der Waals surface area contributed by atoms with Crippen LogP contribution in [0.4, 0.5) is 0 Å². The number of primary amides is 1. The minimum absolute atomic E-state index is 0.00305. The second-order valence-corrected chi connectivity index (χ2v) is 16.1. The van der Waals surface area contributed by atoms with E-state index in [-0.39, 0.29) is 41.1 Å². The van der Waals surface area contributed by atoms with Gasteiger partial charge in [0.1, 0.15) is 42.1 Å². The number of β-amino-alcohol motifs (C(OH)–C–C–N with tert-alkyl or cyclic N) is 1. The van der Waals surface area contributed by atoms with Crippen molar-refractivity contribution in [3.05, 3.63) is 36.4 Å². The molecule has 1 aromatic carbocycles. The highest BCUT2D eigenvalue weighted by atomic mass is 32.1. The fourth-order valence-corrected chi connectivity index (χ4v) is 7.11. The first kappa shape index (κ1) is 54.7. The molecule has 0 saturated carbocycles. The van der Waals surface area contributed by atoms with E-state index in [2.05, 4.69) is 54.3 Å². The molecule has 20 heteroatoms. The number of thiol groups is 1. The van der Waals surface area contributed by atoms with E-state index in [0.717, 1.165) is 11.0 Å². The molecular formula is C41H69N7O12S. The Morgan fingerprint density at radius 3 is 1.95 bits per heavy atom. The van der Waals surface area contributed by atoms with Crippen molar-refractivity contribution in [2.75, 3.05) is 19.6 Å². The second-order valence-electron chi connectivity index (χ2n) is 15.6. The zero-order valence-corrected chi connectivity index (χ0v) is 37.3. The van der Waals surface area contributed by atoms with Crippen LogP contribution in [0.25, 0.3) is 0 Å². The first-order valence-electron chi connectivity index (χ1n) is 20.5. The minimum atomic E-state index is -2.21. The molecule has 5 unspecified atom stereocenters. The number of likely N-dealkylation sites (N-methyl/N-ethyl adjacent to an activating group) is 1. The number of hydrogen-bond donors (Lipinski definition) is 12. The Labute approximate surface area is 363 Å². The molecule has 6 amide bonds. The Balaban J connectivity index is 0.00000292. The number of hydrogen-bond acceptors (Lipinski definition) is 14. The van der Waals surface area contributed by atoms with E-state index in [9.17, 15) is 59.4 Å². The van der Waals surface area contributed by atoms with Gasteiger partial charge in [0, 0.05) is 30.4 Å². The number of nitrogens with one attached hydrogen (secondary N) is 4. The summed E-state index contributed by atoms with van der Waals surface area (Å²) in [6.45, 7) is 18.0. The molecule has 0 aliphatic carbocycles. The molecule has 0 aromatic heterocycles. The summed E-state index contributed by atoms with van der Waals surface area (Å²) in [5.74, 6) is -5.95. The molecule has 2 fully saturated rings. The SMILES string of the molecule is C=CC.CCC.CCN[C@@H](C)C(=O)NC(C(=O)N1C[C@H](O)CC1C(=O)NC(C(=O)NC(C(=O)N1C[C@H](C)CC1C)[C@H](O)CC(N)=O)[C@H](O)[C@@H](O)c1ccc(O)c(S)c1)[C@@H](C)O. The Kier molecular flexibility index (Phi) is 23.5. The van der Waals surface area contributed by atoms with Gasteiger partial charge >= 0.3 is 0 Å². The highest BCUT2D eigenvalue weighted by Crippen LogP contribution is 2.29. The molecule has 3 rings (SSSR count). The number of phenolic OH excluding ortho intramolecular Hbond substituents is 1. The molecule has 2 aliphatic heterocycles. The molecule has 19 nitrogen and oxygen atoms in total. The average Bonchev–Trinajstić information content (AvgIpc) is 3.75. The van der Waals surface area contributed by atoms with Gasteiger partial charge in [-0.2, -0.15) is 0 Å². The first-order valence-corrected chi connectivity index (χ1v) is 21.0. The number of rotatable bonds is 17. The fourth-order valence-electron chi connectivity index (χ4n) is 6.88. The Hall–Kier alpha value is -4.31. The van der Waals surface area contributed by atoms with Gasteiger partial charge in [-0.25, -0.2) is 0 Å². The first-order chi connectivity index (χ1) is 28.5. The van der Waals surface area contributed by atoms with E-state index in [1.165, 1.54) is 37.3 Å². The summed E-state index contributed by atoms with van der Waals surface area (Å²) in [5.41, 5.74) is 5.24. The van der Waals surface area contributed by atoms with Gasteiger partial charge in [-0.3, -0.25) is 28.8 Å². The number of likely N-dealkylation sites (tertiary alicyclic amines) is 2. The Morgan fingerprint density at radius 2 is 1.46 bits per heavy atom. The Morgan fingerprint density at radius 1 is 0.902 bits per heavy atom. The van der Waals surface area contributed by atoms with Gasteiger partial charge in [0.05, 0.1) is 30.8 Å². The van der Waals surface area contributed by atoms with E-state index >= 15 is 0 Å². The molecule has 2 heterocycles. The minimum Gasteiger partial charge on any atom is -0.507 e. The highest BCUT2D eigenvalue weighted by Gasteiger charge is 2.46. The van der Waals surface area contributed by atoms with Crippen molar-refractivity contribution in [2.45, 2.75) is 153 Å². The van der Waals surface area contributed by atoms with Crippen LogP contribution < -0.4 is 27.0 Å². The third-order valence-electron chi connectivity index (χ3n) is 9.83. The predicted octanol–water partition coefficient (Wildman–Crippen LogP) is -1.03. The molecule has 12 atom stereocenters. The molecule has 12 N–H and O–H groups in total. The molecular weight excluding hydrogens is 815 g/mol. The number of benzene rings is 1. The summed E-state index contributed by atoms with van der Waals surface area (Å²) in [4.78, 5) is 82.5. The summed E-state index contributed by atoms with van der Waals surface area (Å²) in [6, 6.07) is -4.52. The number of aliphatic hydroxyl groups excluding tert-OH is 5. The lowest BCUT2D eigenvalue weighted by Crippen LogP contribution is -2.64. The lowest BCUT2D eigenvalue weighted by atomic mass is 9.96. The normalized spacial score (nSPS) is 22.3.